The molecule has 2 aromatic carbocycles. The van der Waals surface area contributed by atoms with Crippen molar-refractivity contribution in [3.63, 3.8) is 0 Å². The van der Waals surface area contributed by atoms with Crippen molar-refractivity contribution < 1.29 is 19.3 Å². The van der Waals surface area contributed by atoms with Crippen LogP contribution in [-0.2, 0) is 19.7 Å². The van der Waals surface area contributed by atoms with Crippen molar-refractivity contribution in [2.24, 2.45) is 0 Å². The van der Waals surface area contributed by atoms with Gasteiger partial charge in [-0.1, -0.05) is 12.1 Å². The van der Waals surface area contributed by atoms with E-state index in [1.165, 1.54) is 13.2 Å². The van der Waals surface area contributed by atoms with Gasteiger partial charge in [-0.25, -0.2) is 4.39 Å². The molecule has 2 aromatic rings. The van der Waals surface area contributed by atoms with Gasteiger partial charge in [-0.2, -0.15) is 0 Å². The Morgan fingerprint density at radius 3 is 2.38 bits per heavy atom. The number of aromatic hydroxyl groups is 1. The fraction of sp³-hybridized carbons (Fsp3) is 0.250. The van der Waals surface area contributed by atoms with Gasteiger partial charge >= 0.3 is 0 Å². The number of hydrogen-bond acceptors (Lipinski definition) is 4. The summed E-state index contributed by atoms with van der Waals surface area (Å²) in [5.41, 5.74) is 2.09. The second kappa shape index (κ2) is 7.06. The Morgan fingerprint density at radius 1 is 1.10 bits per heavy atom. The Balaban J connectivity index is 1.93. The Morgan fingerprint density at radius 2 is 1.76 bits per heavy atom. The van der Waals surface area contributed by atoms with Gasteiger partial charge in [0.05, 0.1) is 13.7 Å². The average molecular weight is 291 g/mol. The van der Waals surface area contributed by atoms with Crippen LogP contribution in [0.2, 0.25) is 0 Å². The molecule has 4 nitrogen and oxygen atoms in total. The third-order valence-corrected chi connectivity index (χ3v) is 3.18. The third kappa shape index (κ3) is 3.93. The lowest BCUT2D eigenvalue weighted by molar-refractivity contribution is 0.275. The predicted octanol–water partition coefficient (Wildman–Crippen LogP) is 2.32. The number of aliphatic hydroxyl groups is 1. The fourth-order valence-corrected chi connectivity index (χ4v) is 2.06. The SMILES string of the molecule is COc1ccc(CNCc2ccc(F)c(CO)c2)cc1O. The number of rotatable bonds is 6. The van der Waals surface area contributed by atoms with E-state index in [2.05, 4.69) is 5.32 Å². The maximum Gasteiger partial charge on any atom is 0.160 e. The molecule has 0 aliphatic rings. The lowest BCUT2D eigenvalue weighted by Crippen LogP contribution is -2.13. The van der Waals surface area contributed by atoms with Crippen LogP contribution < -0.4 is 10.1 Å². The van der Waals surface area contributed by atoms with Crippen LogP contribution >= 0.6 is 0 Å². The largest absolute Gasteiger partial charge is 0.504 e. The van der Waals surface area contributed by atoms with Gasteiger partial charge in [-0.05, 0) is 35.4 Å². The topological polar surface area (TPSA) is 61.7 Å². The van der Waals surface area contributed by atoms with Crippen molar-refractivity contribution in [1.29, 1.82) is 0 Å². The molecule has 0 bridgehead atoms. The molecular formula is C16H18FNO3. The molecular weight excluding hydrogens is 273 g/mol. The summed E-state index contributed by atoms with van der Waals surface area (Å²) in [6.45, 7) is 0.787. The maximum atomic E-state index is 13.3. The van der Waals surface area contributed by atoms with Gasteiger partial charge in [0.25, 0.3) is 0 Å². The van der Waals surface area contributed by atoms with Crippen LogP contribution in [-0.4, -0.2) is 17.3 Å². The number of phenolic OH excluding ortho intramolecular Hbond substituents is 1. The molecule has 0 aliphatic carbocycles. The molecule has 5 heteroatoms. The zero-order valence-corrected chi connectivity index (χ0v) is 11.8. The van der Waals surface area contributed by atoms with E-state index in [-0.39, 0.29) is 17.9 Å². The Labute approximate surface area is 122 Å². The molecule has 0 radical (unpaired) electrons. The number of nitrogens with one attached hydrogen (secondary N) is 1. The van der Waals surface area contributed by atoms with E-state index in [0.717, 1.165) is 11.1 Å². The normalized spacial score (nSPS) is 10.6. The van der Waals surface area contributed by atoms with Crippen LogP contribution in [0, 0.1) is 5.82 Å². The van der Waals surface area contributed by atoms with Crippen molar-refractivity contribution in [3.05, 3.63) is 58.9 Å². The number of benzene rings is 2. The minimum absolute atomic E-state index is 0.0983. The lowest BCUT2D eigenvalue weighted by atomic mass is 10.1. The van der Waals surface area contributed by atoms with Crippen LogP contribution in [0.4, 0.5) is 4.39 Å². The number of hydrogen-bond donors (Lipinski definition) is 3. The average Bonchev–Trinajstić information content (AvgIpc) is 2.49. The molecule has 0 heterocycles. The van der Waals surface area contributed by atoms with Gasteiger partial charge in [-0.3, -0.25) is 0 Å². The van der Waals surface area contributed by atoms with E-state index in [9.17, 15) is 9.50 Å². The molecule has 0 amide bonds. The van der Waals surface area contributed by atoms with Crippen LogP contribution in [0.3, 0.4) is 0 Å². The van der Waals surface area contributed by atoms with Gasteiger partial charge in [0.2, 0.25) is 0 Å². The van der Waals surface area contributed by atoms with Crippen molar-refractivity contribution in [2.75, 3.05) is 7.11 Å². The van der Waals surface area contributed by atoms with E-state index in [0.29, 0.717) is 18.8 Å². The molecule has 0 atom stereocenters. The van der Waals surface area contributed by atoms with Gasteiger partial charge in [0, 0.05) is 18.7 Å². The summed E-state index contributed by atoms with van der Waals surface area (Å²) in [6, 6.07) is 9.85. The molecule has 0 unspecified atom stereocenters. The minimum Gasteiger partial charge on any atom is -0.504 e. The molecule has 0 aliphatic heterocycles. The predicted molar refractivity (Wildman–Crippen MR) is 77.5 cm³/mol. The van der Waals surface area contributed by atoms with Gasteiger partial charge in [0.1, 0.15) is 5.82 Å². The summed E-state index contributed by atoms with van der Waals surface area (Å²) in [6.07, 6.45) is 0. The van der Waals surface area contributed by atoms with E-state index in [1.807, 2.05) is 6.07 Å². The summed E-state index contributed by atoms with van der Waals surface area (Å²) in [5.74, 6) is 0.132. The monoisotopic (exact) mass is 291 g/mol. The van der Waals surface area contributed by atoms with Gasteiger partial charge in [0.15, 0.2) is 11.5 Å². The van der Waals surface area contributed by atoms with Gasteiger partial charge in [-0.15, -0.1) is 0 Å². The van der Waals surface area contributed by atoms with E-state index < -0.39 is 5.82 Å². The summed E-state index contributed by atoms with van der Waals surface area (Å²) in [4.78, 5) is 0. The molecule has 0 saturated carbocycles. The fourth-order valence-electron chi connectivity index (χ4n) is 2.06. The highest BCUT2D eigenvalue weighted by molar-refractivity contribution is 5.41. The van der Waals surface area contributed by atoms with Crippen molar-refractivity contribution in [1.82, 2.24) is 5.32 Å². The van der Waals surface area contributed by atoms with E-state index in [1.54, 1.807) is 24.3 Å². The summed E-state index contributed by atoms with van der Waals surface area (Å²) < 4.78 is 18.2. The summed E-state index contributed by atoms with van der Waals surface area (Å²) >= 11 is 0. The number of aliphatic hydroxyl groups excluding tert-OH is 1. The second-order valence-electron chi connectivity index (χ2n) is 4.69. The minimum atomic E-state index is -0.402. The highest BCUT2D eigenvalue weighted by atomic mass is 19.1. The summed E-state index contributed by atoms with van der Waals surface area (Å²) in [5, 5.41) is 21.9. The molecule has 21 heavy (non-hydrogen) atoms. The van der Waals surface area contributed by atoms with Crippen LogP contribution in [0.15, 0.2) is 36.4 Å². The van der Waals surface area contributed by atoms with E-state index >= 15 is 0 Å². The standard InChI is InChI=1S/C16H18FNO3/c1-21-16-5-3-12(7-15(16)20)9-18-8-11-2-4-14(17)13(6-11)10-19/h2-7,18-20H,8-10H2,1H3. The molecule has 0 fully saturated rings. The first kappa shape index (κ1) is 15.3. The van der Waals surface area contributed by atoms with Gasteiger partial charge < -0.3 is 20.3 Å². The first-order valence-electron chi connectivity index (χ1n) is 6.59. The molecule has 3 N–H and O–H groups in total. The van der Waals surface area contributed by atoms with Crippen LogP contribution in [0.25, 0.3) is 0 Å². The molecule has 0 aromatic heterocycles. The highest BCUT2D eigenvalue weighted by Crippen LogP contribution is 2.26. The lowest BCUT2D eigenvalue weighted by Gasteiger charge is -2.09. The number of phenols is 1. The van der Waals surface area contributed by atoms with Crippen LogP contribution in [0.1, 0.15) is 16.7 Å². The number of halogens is 1. The first-order chi connectivity index (χ1) is 10.1. The third-order valence-electron chi connectivity index (χ3n) is 3.18. The smallest absolute Gasteiger partial charge is 0.160 e. The zero-order valence-electron chi connectivity index (χ0n) is 11.8. The Bertz CT molecular complexity index is 616. The van der Waals surface area contributed by atoms with Crippen LogP contribution in [0.5, 0.6) is 11.5 Å². The second-order valence-corrected chi connectivity index (χ2v) is 4.69. The quantitative estimate of drug-likeness (QED) is 0.764. The molecule has 2 rings (SSSR count). The number of methoxy groups -OCH3 is 1. The van der Waals surface area contributed by atoms with Crippen molar-refractivity contribution in [3.8, 4) is 11.5 Å². The summed E-state index contributed by atoms with van der Waals surface area (Å²) in [7, 11) is 1.50. The molecule has 112 valence electrons. The van der Waals surface area contributed by atoms with E-state index in [4.69, 9.17) is 9.84 Å². The number of ether oxygens (including phenoxy) is 1. The maximum absolute atomic E-state index is 13.3. The van der Waals surface area contributed by atoms with Crippen molar-refractivity contribution in [2.45, 2.75) is 19.7 Å². The van der Waals surface area contributed by atoms with Crippen molar-refractivity contribution >= 4 is 0 Å². The Hall–Kier alpha value is -2.11. The molecule has 0 spiro atoms. The zero-order chi connectivity index (χ0) is 15.2. The molecule has 0 saturated heterocycles. The highest BCUT2D eigenvalue weighted by Gasteiger charge is 2.04. The first-order valence-corrected chi connectivity index (χ1v) is 6.59. The Kier molecular flexibility index (Phi) is 5.14.